The maximum absolute atomic E-state index is 5.67. The molecule has 3 nitrogen and oxygen atoms in total. The minimum Gasteiger partial charge on any atom is -0.439 e. The first kappa shape index (κ1) is 12.4. The second kappa shape index (κ2) is 5.51. The summed E-state index contributed by atoms with van der Waals surface area (Å²) in [7, 11) is 0. The average molecular weight is 311 g/mol. The number of hydrogen-bond donors (Lipinski definition) is 0. The van der Waals surface area contributed by atoms with Crippen molar-refractivity contribution in [2.24, 2.45) is 0 Å². The first-order chi connectivity index (χ1) is 8.19. The average Bonchev–Trinajstić information content (AvgIpc) is 2.34. The molecule has 0 atom stereocenters. The zero-order chi connectivity index (χ0) is 12.3. The van der Waals surface area contributed by atoms with Gasteiger partial charge in [0.1, 0.15) is 17.1 Å². The van der Waals surface area contributed by atoms with Gasteiger partial charge in [0.05, 0.1) is 0 Å². The van der Waals surface area contributed by atoms with Gasteiger partial charge in [0.25, 0.3) is 0 Å². The summed E-state index contributed by atoms with van der Waals surface area (Å²) in [5.74, 6) is 1.34. The number of benzene rings is 1. The molecule has 0 spiro atoms. The number of aryl methyl sites for hydroxylation is 1. The molecule has 0 aliphatic rings. The van der Waals surface area contributed by atoms with Gasteiger partial charge in [-0.1, -0.05) is 15.9 Å². The monoisotopic (exact) mass is 310 g/mol. The molecule has 1 heterocycles. The molecule has 0 aliphatic carbocycles. The molecule has 5 heteroatoms. The molecule has 0 radical (unpaired) electrons. The minimum absolute atomic E-state index is 0.561. The van der Waals surface area contributed by atoms with Crippen LogP contribution in [-0.2, 0) is 0 Å². The molecule has 0 fully saturated rings. The molecule has 0 aliphatic heterocycles. The van der Waals surface area contributed by atoms with E-state index in [9.17, 15) is 0 Å². The number of ether oxygens (including phenoxy) is 1. The van der Waals surface area contributed by atoms with Crippen LogP contribution in [0.25, 0.3) is 0 Å². The summed E-state index contributed by atoms with van der Waals surface area (Å²) in [6.45, 7) is 2.02. The lowest BCUT2D eigenvalue weighted by Gasteiger charge is -2.06. The summed E-state index contributed by atoms with van der Waals surface area (Å²) in [5.41, 5.74) is 1.13. The van der Waals surface area contributed by atoms with Crippen molar-refractivity contribution in [2.45, 2.75) is 11.9 Å². The van der Waals surface area contributed by atoms with Crippen LogP contribution in [0.5, 0.6) is 11.6 Å². The van der Waals surface area contributed by atoms with E-state index in [4.69, 9.17) is 4.74 Å². The fourth-order valence-electron chi connectivity index (χ4n) is 1.29. The van der Waals surface area contributed by atoms with Gasteiger partial charge in [-0.25, -0.2) is 9.97 Å². The molecule has 88 valence electrons. The van der Waals surface area contributed by atoms with Gasteiger partial charge in [-0.05, 0) is 36.9 Å². The number of nitrogens with zero attached hydrogens (tertiary/aromatic N) is 2. The predicted octanol–water partition coefficient (Wildman–Crippen LogP) is 4.06. The third kappa shape index (κ3) is 3.20. The Hall–Kier alpha value is -1.07. The summed E-state index contributed by atoms with van der Waals surface area (Å²) in [4.78, 5) is 8.17. The van der Waals surface area contributed by atoms with Crippen LogP contribution in [0.2, 0.25) is 0 Å². The number of hydrogen-bond acceptors (Lipinski definition) is 4. The lowest BCUT2D eigenvalue weighted by atomic mass is 10.2. The molecular weight excluding hydrogens is 300 g/mol. The fraction of sp³-hybridized carbons (Fsp3) is 0.167. The van der Waals surface area contributed by atoms with Crippen LogP contribution in [-0.4, -0.2) is 16.2 Å². The van der Waals surface area contributed by atoms with Crippen molar-refractivity contribution in [2.75, 3.05) is 6.26 Å². The molecule has 0 saturated carbocycles. The van der Waals surface area contributed by atoms with E-state index in [2.05, 4.69) is 25.9 Å². The molecule has 0 amide bonds. The van der Waals surface area contributed by atoms with E-state index in [-0.39, 0.29) is 0 Å². The molecular formula is C12H11BrN2OS. The first-order valence-corrected chi connectivity index (χ1v) is 7.01. The molecule has 0 unspecified atom stereocenters. The van der Waals surface area contributed by atoms with Crippen molar-refractivity contribution in [1.82, 2.24) is 9.97 Å². The van der Waals surface area contributed by atoms with Gasteiger partial charge in [-0.2, -0.15) is 0 Å². The summed E-state index contributed by atoms with van der Waals surface area (Å²) >= 11 is 5.01. The van der Waals surface area contributed by atoms with Crippen molar-refractivity contribution in [3.05, 3.63) is 40.6 Å². The lowest BCUT2D eigenvalue weighted by Crippen LogP contribution is -1.90. The predicted molar refractivity (Wildman–Crippen MR) is 72.8 cm³/mol. The van der Waals surface area contributed by atoms with E-state index in [1.165, 1.54) is 6.33 Å². The topological polar surface area (TPSA) is 35.0 Å². The third-order valence-corrected chi connectivity index (χ3v) is 3.71. The second-order valence-electron chi connectivity index (χ2n) is 3.41. The Kier molecular flexibility index (Phi) is 4.02. The largest absolute Gasteiger partial charge is 0.439 e. The summed E-state index contributed by atoms with van der Waals surface area (Å²) in [5, 5.41) is 0.892. The van der Waals surface area contributed by atoms with Gasteiger partial charge in [0.15, 0.2) is 0 Å². The Bertz CT molecular complexity index is 534. The number of aromatic nitrogens is 2. The summed E-state index contributed by atoms with van der Waals surface area (Å²) in [6, 6.07) is 7.65. The zero-order valence-corrected chi connectivity index (χ0v) is 11.9. The molecule has 17 heavy (non-hydrogen) atoms. The second-order valence-corrected chi connectivity index (χ2v) is 5.09. The Labute approximate surface area is 113 Å². The highest BCUT2D eigenvalue weighted by molar-refractivity contribution is 9.10. The Balaban J connectivity index is 2.22. The highest BCUT2D eigenvalue weighted by Gasteiger charge is 2.02. The van der Waals surface area contributed by atoms with Crippen LogP contribution in [0.15, 0.2) is 40.1 Å². The van der Waals surface area contributed by atoms with E-state index < -0.39 is 0 Å². The highest BCUT2D eigenvalue weighted by atomic mass is 79.9. The van der Waals surface area contributed by atoms with E-state index in [0.717, 1.165) is 20.8 Å². The lowest BCUT2D eigenvalue weighted by molar-refractivity contribution is 0.458. The number of thioether (sulfide) groups is 1. The van der Waals surface area contributed by atoms with Crippen molar-refractivity contribution in [3.8, 4) is 11.6 Å². The van der Waals surface area contributed by atoms with Crippen molar-refractivity contribution < 1.29 is 4.74 Å². The van der Waals surface area contributed by atoms with Crippen LogP contribution >= 0.6 is 27.7 Å². The normalized spacial score (nSPS) is 10.3. The van der Waals surface area contributed by atoms with E-state index in [0.29, 0.717) is 5.88 Å². The fourth-order valence-corrected chi connectivity index (χ4v) is 1.91. The minimum atomic E-state index is 0.561. The standard InChI is InChI=1S/C12H11BrN2OS/c1-8-5-9(3-4-10(8)13)16-11-6-12(17-2)15-7-14-11/h3-7H,1-2H3. The maximum atomic E-state index is 5.67. The maximum Gasteiger partial charge on any atom is 0.223 e. The van der Waals surface area contributed by atoms with E-state index >= 15 is 0 Å². The molecule has 0 saturated heterocycles. The molecule has 2 rings (SSSR count). The van der Waals surface area contributed by atoms with E-state index in [1.54, 1.807) is 11.8 Å². The van der Waals surface area contributed by atoms with Crippen molar-refractivity contribution in [3.63, 3.8) is 0 Å². The summed E-state index contributed by atoms with van der Waals surface area (Å²) < 4.78 is 6.74. The molecule has 0 N–H and O–H groups in total. The number of halogens is 1. The molecule has 1 aromatic carbocycles. The molecule has 1 aromatic heterocycles. The van der Waals surface area contributed by atoms with Crippen LogP contribution in [0, 0.1) is 6.92 Å². The highest BCUT2D eigenvalue weighted by Crippen LogP contribution is 2.26. The van der Waals surface area contributed by atoms with Gasteiger partial charge in [-0.15, -0.1) is 11.8 Å². The van der Waals surface area contributed by atoms with Crippen LogP contribution in [0.4, 0.5) is 0 Å². The van der Waals surface area contributed by atoms with Gasteiger partial charge < -0.3 is 4.74 Å². The third-order valence-electron chi connectivity index (χ3n) is 2.18. The van der Waals surface area contributed by atoms with Crippen molar-refractivity contribution in [1.29, 1.82) is 0 Å². The SMILES string of the molecule is CSc1cc(Oc2ccc(Br)c(C)c2)ncn1. The quantitative estimate of drug-likeness (QED) is 0.632. The van der Waals surface area contributed by atoms with Gasteiger partial charge in [0, 0.05) is 10.5 Å². The summed E-state index contributed by atoms with van der Waals surface area (Å²) in [6.07, 6.45) is 3.47. The Morgan fingerprint density at radius 1 is 1.24 bits per heavy atom. The van der Waals surface area contributed by atoms with Gasteiger partial charge in [-0.3, -0.25) is 0 Å². The number of rotatable bonds is 3. The van der Waals surface area contributed by atoms with Crippen LogP contribution in [0.1, 0.15) is 5.56 Å². The van der Waals surface area contributed by atoms with Crippen LogP contribution in [0.3, 0.4) is 0 Å². The first-order valence-electron chi connectivity index (χ1n) is 4.99. The zero-order valence-electron chi connectivity index (χ0n) is 9.48. The van der Waals surface area contributed by atoms with Crippen molar-refractivity contribution >= 4 is 27.7 Å². The van der Waals surface area contributed by atoms with Gasteiger partial charge in [0.2, 0.25) is 5.88 Å². The van der Waals surface area contributed by atoms with Gasteiger partial charge >= 0.3 is 0 Å². The smallest absolute Gasteiger partial charge is 0.223 e. The Morgan fingerprint density at radius 2 is 2.06 bits per heavy atom. The molecule has 0 bridgehead atoms. The van der Waals surface area contributed by atoms with E-state index in [1.807, 2.05) is 37.4 Å². The molecule has 2 aromatic rings. The Morgan fingerprint density at radius 3 is 2.76 bits per heavy atom. The van der Waals surface area contributed by atoms with Crippen LogP contribution < -0.4 is 4.74 Å².